The molecule has 0 atom stereocenters. The van der Waals surface area contributed by atoms with Crippen LogP contribution in [-0.4, -0.2) is 111 Å². The summed E-state index contributed by atoms with van der Waals surface area (Å²) in [5.41, 5.74) is 8.85. The topological polar surface area (TPSA) is 82.4 Å². The molecule has 326 valence electrons. The highest BCUT2D eigenvalue weighted by molar-refractivity contribution is 9.10. The normalized spacial score (nSPS) is 16.7. The third-order valence-corrected chi connectivity index (χ3v) is 11.3. The zero-order valence-corrected chi connectivity index (χ0v) is 37.0. The smallest absolute Gasteiger partial charge is 0.189 e. The van der Waals surface area contributed by atoms with Crippen LogP contribution in [0, 0.1) is 35.4 Å². The van der Waals surface area contributed by atoms with E-state index in [4.69, 9.17) is 17.6 Å². The van der Waals surface area contributed by atoms with Crippen LogP contribution in [0.3, 0.4) is 0 Å². The molecule has 3 aromatic carbocycles. The van der Waals surface area contributed by atoms with Crippen molar-refractivity contribution in [3.63, 3.8) is 0 Å². The standard InChI is InChI=1S/C15H20FN3.C15H24FN3.C8H18N2.C7H3BrFN.CH4/c1-12(2)18-7-4-8-19(10-9-18)15-11-13(17-3)5-6-14(15)16;1-12(2)18-6-3-7-19(9-8-18)15-10-13(11-17)4-5-14(15)16;1-8(2)10-6-3-4-9-5-7-10;8-6-3-5(4-10)1-2-7(6)9;/h5-6,11-12H,4,7-10H2,1-2H3;4-5,10,12H,3,6-9,11,17H2,1-2H3;8-9H,3-7H2,1-2H3;1-3H;1H4. The Balaban J connectivity index is 0.000000282. The highest BCUT2D eigenvalue weighted by Crippen LogP contribution is 2.27. The fraction of sp³-hybridized carbons (Fsp3) is 0.565. The van der Waals surface area contributed by atoms with Gasteiger partial charge in [0.1, 0.15) is 17.5 Å². The lowest BCUT2D eigenvalue weighted by molar-refractivity contribution is 0.237. The number of anilines is 2. The fourth-order valence-electron chi connectivity index (χ4n) is 7.08. The number of nitrogens with one attached hydrogen (secondary N) is 1. The van der Waals surface area contributed by atoms with Gasteiger partial charge >= 0.3 is 0 Å². The van der Waals surface area contributed by atoms with Crippen LogP contribution in [-0.2, 0) is 6.54 Å². The number of nitrogens with zero attached hydrogens (tertiary/aromatic N) is 7. The van der Waals surface area contributed by atoms with Crippen LogP contribution in [0.4, 0.5) is 30.2 Å². The summed E-state index contributed by atoms with van der Waals surface area (Å²) in [6.45, 7) is 33.2. The minimum atomic E-state index is -0.348. The Hall–Kier alpha value is -3.69. The second kappa shape index (κ2) is 27.2. The molecule has 3 aliphatic rings. The summed E-state index contributed by atoms with van der Waals surface area (Å²) in [6, 6.07) is 17.6. The molecule has 6 rings (SSSR count). The molecular weight excluding hydrogens is 815 g/mol. The van der Waals surface area contributed by atoms with E-state index >= 15 is 0 Å². The second-order valence-corrected chi connectivity index (χ2v) is 16.5. The maximum Gasteiger partial charge on any atom is 0.189 e. The first-order chi connectivity index (χ1) is 27.8. The second-order valence-electron chi connectivity index (χ2n) is 15.7. The van der Waals surface area contributed by atoms with E-state index in [-0.39, 0.29) is 24.9 Å². The third kappa shape index (κ3) is 17.4. The van der Waals surface area contributed by atoms with Crippen LogP contribution in [0.25, 0.3) is 4.85 Å². The number of rotatable bonds is 6. The fourth-order valence-corrected chi connectivity index (χ4v) is 7.46. The molecule has 13 heteroatoms. The lowest BCUT2D eigenvalue weighted by Crippen LogP contribution is -2.35. The summed E-state index contributed by atoms with van der Waals surface area (Å²) >= 11 is 2.96. The van der Waals surface area contributed by atoms with E-state index < -0.39 is 0 Å². The first-order valence-electron chi connectivity index (χ1n) is 20.7. The van der Waals surface area contributed by atoms with Crippen molar-refractivity contribution in [2.75, 3.05) is 88.3 Å². The van der Waals surface area contributed by atoms with Crippen LogP contribution in [0.15, 0.2) is 59.1 Å². The first-order valence-corrected chi connectivity index (χ1v) is 21.5. The van der Waals surface area contributed by atoms with E-state index in [1.807, 2.05) is 12.1 Å². The lowest BCUT2D eigenvalue weighted by Gasteiger charge is -2.26. The van der Waals surface area contributed by atoms with Gasteiger partial charge in [-0.1, -0.05) is 19.6 Å². The molecule has 0 bridgehead atoms. The lowest BCUT2D eigenvalue weighted by atomic mass is 10.1. The van der Waals surface area contributed by atoms with E-state index in [9.17, 15) is 13.2 Å². The zero-order valence-electron chi connectivity index (χ0n) is 35.5. The van der Waals surface area contributed by atoms with E-state index in [1.54, 1.807) is 12.1 Å². The number of hydrogen-bond donors (Lipinski definition) is 2. The Labute approximate surface area is 362 Å². The van der Waals surface area contributed by atoms with Gasteiger partial charge in [-0.2, -0.15) is 5.26 Å². The summed E-state index contributed by atoms with van der Waals surface area (Å²) in [6.07, 6.45) is 3.41. The molecule has 0 spiro atoms. The summed E-state index contributed by atoms with van der Waals surface area (Å²) < 4.78 is 40.7. The molecule has 3 heterocycles. The van der Waals surface area contributed by atoms with Crippen molar-refractivity contribution in [2.45, 2.75) is 92.9 Å². The van der Waals surface area contributed by atoms with Gasteiger partial charge in [-0.05, 0) is 138 Å². The third-order valence-electron chi connectivity index (χ3n) is 10.7. The Kier molecular flexibility index (Phi) is 23.7. The Morgan fingerprint density at radius 1 is 0.678 bits per heavy atom. The molecule has 3 saturated heterocycles. The van der Waals surface area contributed by atoms with Gasteiger partial charge in [0.05, 0.1) is 34.1 Å². The van der Waals surface area contributed by atoms with Crippen LogP contribution in [0.1, 0.15) is 79.4 Å². The van der Waals surface area contributed by atoms with Crippen molar-refractivity contribution in [2.24, 2.45) is 5.73 Å². The molecule has 3 fully saturated rings. The van der Waals surface area contributed by atoms with Crippen LogP contribution >= 0.6 is 15.9 Å². The highest BCUT2D eigenvalue weighted by Gasteiger charge is 2.21. The molecule has 0 amide bonds. The number of nitriles is 1. The molecule has 3 N–H and O–H groups in total. The van der Waals surface area contributed by atoms with Gasteiger partial charge in [0.25, 0.3) is 0 Å². The van der Waals surface area contributed by atoms with Crippen LogP contribution < -0.4 is 20.9 Å². The number of halogens is 4. The zero-order chi connectivity index (χ0) is 42.6. The van der Waals surface area contributed by atoms with Crippen molar-refractivity contribution < 1.29 is 13.2 Å². The number of hydrogen-bond acceptors (Lipinski definition) is 8. The molecule has 0 unspecified atom stereocenters. The van der Waals surface area contributed by atoms with Gasteiger partial charge in [-0.25, -0.2) is 18.0 Å². The molecule has 59 heavy (non-hydrogen) atoms. The molecule has 0 saturated carbocycles. The minimum Gasteiger partial charge on any atom is -0.369 e. The van der Waals surface area contributed by atoms with Crippen molar-refractivity contribution in [1.29, 1.82) is 5.26 Å². The molecular formula is C46H69BrF3N9. The van der Waals surface area contributed by atoms with Crippen molar-refractivity contribution in [1.82, 2.24) is 20.0 Å². The summed E-state index contributed by atoms with van der Waals surface area (Å²) in [4.78, 5) is 15.0. The molecule has 0 radical (unpaired) electrons. The minimum absolute atomic E-state index is 0. The molecule has 3 aliphatic heterocycles. The maximum absolute atomic E-state index is 14.0. The molecule has 0 aromatic heterocycles. The predicted octanol–water partition coefficient (Wildman–Crippen LogP) is 9.29. The van der Waals surface area contributed by atoms with E-state index in [1.165, 1.54) is 62.5 Å². The summed E-state index contributed by atoms with van der Waals surface area (Å²) in [7, 11) is 0. The molecule has 3 aromatic rings. The monoisotopic (exact) mass is 883 g/mol. The van der Waals surface area contributed by atoms with E-state index in [0.717, 1.165) is 83.3 Å². The van der Waals surface area contributed by atoms with E-state index in [0.29, 0.717) is 45.7 Å². The van der Waals surface area contributed by atoms with Crippen molar-refractivity contribution in [3.8, 4) is 6.07 Å². The van der Waals surface area contributed by atoms with Gasteiger partial charge in [0.2, 0.25) is 0 Å². The first kappa shape index (κ1) is 51.5. The highest BCUT2D eigenvalue weighted by atomic mass is 79.9. The SMILES string of the molecule is C.CC(C)N1CCCN(c2cc(CN)ccc2F)CC1.CC(C)N1CCCNCC1.N#Cc1ccc(F)c(Br)c1.[C-]#[N+]c1ccc(F)c(N2CCCN(C(C)C)CC2)c1. The Morgan fingerprint density at radius 3 is 1.69 bits per heavy atom. The summed E-state index contributed by atoms with van der Waals surface area (Å²) in [5, 5.41) is 11.8. The predicted molar refractivity (Wildman–Crippen MR) is 244 cm³/mol. The molecule has 0 aliphatic carbocycles. The van der Waals surface area contributed by atoms with Gasteiger partial charge in [-0.15, -0.1) is 0 Å². The van der Waals surface area contributed by atoms with Crippen molar-refractivity contribution in [3.05, 3.63) is 99.1 Å². The Bertz CT molecular complexity index is 1750. The molecule has 9 nitrogen and oxygen atoms in total. The van der Waals surface area contributed by atoms with Gasteiger partial charge in [-0.3, -0.25) is 14.7 Å². The number of nitrogens with two attached hydrogens (primary N) is 1. The van der Waals surface area contributed by atoms with Crippen LogP contribution in [0.2, 0.25) is 0 Å². The van der Waals surface area contributed by atoms with Gasteiger partial charge < -0.3 is 20.9 Å². The van der Waals surface area contributed by atoms with Gasteiger partial charge in [0, 0.05) is 90.1 Å². The maximum atomic E-state index is 14.0. The Morgan fingerprint density at radius 2 is 1.19 bits per heavy atom. The average molecular weight is 885 g/mol. The van der Waals surface area contributed by atoms with Gasteiger partial charge in [0.15, 0.2) is 5.69 Å². The average Bonchev–Trinajstić information content (AvgIpc) is 3.75. The largest absolute Gasteiger partial charge is 0.369 e. The van der Waals surface area contributed by atoms with Crippen LogP contribution in [0.5, 0.6) is 0 Å². The summed E-state index contributed by atoms with van der Waals surface area (Å²) in [5.74, 6) is -0.723. The van der Waals surface area contributed by atoms with Crippen molar-refractivity contribution >= 4 is 33.0 Å². The van der Waals surface area contributed by atoms with E-state index in [2.05, 4.69) is 92.1 Å². The quantitative estimate of drug-likeness (QED) is 0.237. The number of benzene rings is 3.